The number of unbranched alkanes of at least 4 members (excludes halogenated alkanes) is 1. The third-order valence-corrected chi connectivity index (χ3v) is 6.58. The highest BCUT2D eigenvalue weighted by Crippen LogP contribution is 2.23. The maximum Gasteiger partial charge on any atom is 0.237 e. The lowest BCUT2D eigenvalue weighted by Gasteiger charge is -2.28. The zero-order valence-corrected chi connectivity index (χ0v) is 22.2. The fourth-order valence-corrected chi connectivity index (χ4v) is 4.50. The molecule has 0 saturated heterocycles. The number of para-hydroxylation sites is 1. The van der Waals surface area contributed by atoms with Gasteiger partial charge in [0.2, 0.25) is 5.91 Å². The van der Waals surface area contributed by atoms with E-state index in [9.17, 15) is 9.90 Å². The third-order valence-electron chi connectivity index (χ3n) is 6.58. The molecule has 1 heterocycles. The first kappa shape index (κ1) is 27.0. The summed E-state index contributed by atoms with van der Waals surface area (Å²) in [7, 11) is 0. The van der Waals surface area contributed by atoms with E-state index in [4.69, 9.17) is 0 Å². The Labute approximate surface area is 211 Å². The van der Waals surface area contributed by atoms with Gasteiger partial charge in [-0.05, 0) is 54.5 Å². The minimum atomic E-state index is -0.454. The van der Waals surface area contributed by atoms with Crippen molar-refractivity contribution in [2.45, 2.75) is 71.9 Å². The second-order valence-corrected chi connectivity index (χ2v) is 10.8. The van der Waals surface area contributed by atoms with E-state index >= 15 is 0 Å². The van der Waals surface area contributed by atoms with E-state index in [1.165, 1.54) is 16.5 Å². The minimum Gasteiger partial charge on any atom is -0.392 e. The molecule has 0 aliphatic carbocycles. The number of aliphatic hydroxyl groups is 1. The summed E-state index contributed by atoms with van der Waals surface area (Å²) in [6.45, 7) is 13.5. The van der Waals surface area contributed by atoms with Crippen LogP contribution in [0.15, 0.2) is 54.7 Å². The van der Waals surface area contributed by atoms with Crippen molar-refractivity contribution in [1.82, 2.24) is 14.8 Å². The molecule has 2 aromatic carbocycles. The fourth-order valence-electron chi connectivity index (χ4n) is 4.50. The van der Waals surface area contributed by atoms with Gasteiger partial charge in [-0.15, -0.1) is 0 Å². The van der Waals surface area contributed by atoms with Crippen molar-refractivity contribution >= 4 is 16.8 Å². The molecule has 5 nitrogen and oxygen atoms in total. The Bertz CT molecular complexity index is 1060. The van der Waals surface area contributed by atoms with Gasteiger partial charge in [0, 0.05) is 36.7 Å². The summed E-state index contributed by atoms with van der Waals surface area (Å²) in [5, 5.41) is 11.2. The predicted molar refractivity (Wildman–Crippen MR) is 146 cm³/mol. The van der Waals surface area contributed by atoms with Gasteiger partial charge in [0.05, 0.1) is 12.6 Å². The number of carbonyl (C=O) groups is 1. The first-order chi connectivity index (χ1) is 16.7. The SMILES string of the molecule is CCCCN(CC(=O)N(CCc1c[nH]c2ccccc12)Cc1ccc(C(C)(C)C)cc1)CC(C)O. The number of fused-ring (bicyclic) bond motifs is 1. The van der Waals surface area contributed by atoms with Crippen molar-refractivity contribution in [2.24, 2.45) is 0 Å². The van der Waals surface area contributed by atoms with Crippen LogP contribution < -0.4 is 0 Å². The first-order valence-electron chi connectivity index (χ1n) is 13.0. The molecule has 2 N–H and O–H groups in total. The van der Waals surface area contributed by atoms with Gasteiger partial charge in [0.15, 0.2) is 0 Å². The highest BCUT2D eigenvalue weighted by molar-refractivity contribution is 5.83. The summed E-state index contributed by atoms with van der Waals surface area (Å²) >= 11 is 0. The lowest BCUT2D eigenvalue weighted by Crippen LogP contribution is -2.43. The Kier molecular flexibility index (Phi) is 9.53. The normalized spacial score (nSPS) is 12.9. The van der Waals surface area contributed by atoms with Crippen LogP contribution in [0.25, 0.3) is 10.9 Å². The van der Waals surface area contributed by atoms with Gasteiger partial charge in [-0.2, -0.15) is 0 Å². The van der Waals surface area contributed by atoms with Gasteiger partial charge in [-0.3, -0.25) is 9.69 Å². The van der Waals surface area contributed by atoms with Crippen LogP contribution in [-0.4, -0.2) is 58.1 Å². The van der Waals surface area contributed by atoms with Gasteiger partial charge in [0.25, 0.3) is 0 Å². The number of hydrogen-bond acceptors (Lipinski definition) is 3. The Hall–Kier alpha value is -2.63. The molecule has 1 unspecified atom stereocenters. The number of nitrogens with zero attached hydrogens (tertiary/aromatic N) is 2. The maximum atomic E-state index is 13.5. The van der Waals surface area contributed by atoms with Gasteiger partial charge in [-0.1, -0.05) is 76.6 Å². The Morgan fingerprint density at radius 1 is 1.06 bits per heavy atom. The molecule has 0 aliphatic heterocycles. The molecular weight excluding hydrogens is 434 g/mol. The average Bonchev–Trinajstić information content (AvgIpc) is 3.22. The van der Waals surface area contributed by atoms with E-state index in [-0.39, 0.29) is 11.3 Å². The van der Waals surface area contributed by atoms with Crippen molar-refractivity contribution in [2.75, 3.05) is 26.2 Å². The van der Waals surface area contributed by atoms with Crippen LogP contribution in [0.3, 0.4) is 0 Å². The van der Waals surface area contributed by atoms with E-state index in [2.05, 4.69) is 86.2 Å². The molecular formula is C30H43N3O2. The number of carbonyl (C=O) groups excluding carboxylic acids is 1. The standard InChI is InChI=1S/C30H43N3O2/c1-6-7-17-32(20-23(2)34)22-29(35)33(21-24-12-14-26(15-13-24)30(3,4)5)18-16-25-19-31-28-11-9-8-10-27(25)28/h8-15,19,23,31,34H,6-7,16-18,20-22H2,1-5H3. The molecule has 3 rings (SSSR count). The summed E-state index contributed by atoms with van der Waals surface area (Å²) in [6, 6.07) is 17.0. The summed E-state index contributed by atoms with van der Waals surface area (Å²) in [4.78, 5) is 21.0. The van der Waals surface area contributed by atoms with E-state index in [1.807, 2.05) is 11.0 Å². The van der Waals surface area contributed by atoms with Gasteiger partial charge >= 0.3 is 0 Å². The van der Waals surface area contributed by atoms with Crippen LogP contribution in [0.4, 0.5) is 0 Å². The molecule has 1 aromatic heterocycles. The number of nitrogens with one attached hydrogen (secondary N) is 1. The number of aromatic nitrogens is 1. The summed E-state index contributed by atoms with van der Waals surface area (Å²) in [5.74, 6) is 0.112. The largest absolute Gasteiger partial charge is 0.392 e. The first-order valence-corrected chi connectivity index (χ1v) is 13.0. The summed E-state index contributed by atoms with van der Waals surface area (Å²) in [5.41, 5.74) is 4.89. The number of rotatable bonds is 12. The van der Waals surface area contributed by atoms with Crippen LogP contribution in [0.5, 0.6) is 0 Å². The number of aromatic amines is 1. The molecule has 0 aliphatic rings. The molecule has 0 radical (unpaired) electrons. The van der Waals surface area contributed by atoms with Crippen molar-refractivity contribution < 1.29 is 9.90 Å². The quantitative estimate of drug-likeness (QED) is 0.361. The molecule has 35 heavy (non-hydrogen) atoms. The topological polar surface area (TPSA) is 59.6 Å². The molecule has 0 fully saturated rings. The van der Waals surface area contributed by atoms with Crippen molar-refractivity contribution in [3.05, 3.63) is 71.4 Å². The second kappa shape index (κ2) is 12.4. The van der Waals surface area contributed by atoms with Gasteiger partial charge < -0.3 is 15.0 Å². The molecule has 0 spiro atoms. The van der Waals surface area contributed by atoms with Crippen LogP contribution in [0.1, 0.15) is 64.2 Å². The van der Waals surface area contributed by atoms with Crippen molar-refractivity contribution in [3.8, 4) is 0 Å². The molecule has 1 atom stereocenters. The third kappa shape index (κ3) is 7.94. The van der Waals surface area contributed by atoms with E-state index in [1.54, 1.807) is 6.92 Å². The second-order valence-electron chi connectivity index (χ2n) is 10.8. The summed E-state index contributed by atoms with van der Waals surface area (Å²) < 4.78 is 0. The molecule has 0 bridgehead atoms. The summed E-state index contributed by atoms with van der Waals surface area (Å²) in [6.07, 6.45) is 4.48. The Balaban J connectivity index is 1.77. The van der Waals surface area contributed by atoms with E-state index < -0.39 is 6.10 Å². The Morgan fingerprint density at radius 2 is 1.77 bits per heavy atom. The lowest BCUT2D eigenvalue weighted by atomic mass is 9.87. The van der Waals surface area contributed by atoms with Crippen LogP contribution in [0, 0.1) is 0 Å². The number of aliphatic hydroxyl groups excluding tert-OH is 1. The molecule has 3 aromatic rings. The van der Waals surface area contributed by atoms with Gasteiger partial charge in [-0.25, -0.2) is 0 Å². The molecule has 1 amide bonds. The van der Waals surface area contributed by atoms with Crippen LogP contribution in [0.2, 0.25) is 0 Å². The molecule has 190 valence electrons. The van der Waals surface area contributed by atoms with Crippen molar-refractivity contribution in [1.29, 1.82) is 0 Å². The fraction of sp³-hybridized carbons (Fsp3) is 0.500. The molecule has 0 saturated carbocycles. The zero-order valence-electron chi connectivity index (χ0n) is 22.2. The smallest absolute Gasteiger partial charge is 0.237 e. The van der Waals surface area contributed by atoms with Crippen molar-refractivity contribution in [3.63, 3.8) is 0 Å². The highest BCUT2D eigenvalue weighted by Gasteiger charge is 2.20. The van der Waals surface area contributed by atoms with Gasteiger partial charge in [0.1, 0.15) is 0 Å². The average molecular weight is 478 g/mol. The highest BCUT2D eigenvalue weighted by atomic mass is 16.3. The monoisotopic (exact) mass is 477 g/mol. The lowest BCUT2D eigenvalue weighted by molar-refractivity contribution is -0.133. The number of H-pyrrole nitrogens is 1. The van der Waals surface area contributed by atoms with Crippen LogP contribution >= 0.6 is 0 Å². The Morgan fingerprint density at radius 3 is 2.43 bits per heavy atom. The maximum absolute atomic E-state index is 13.5. The molecule has 5 heteroatoms. The van der Waals surface area contributed by atoms with Crippen LogP contribution in [-0.2, 0) is 23.2 Å². The number of benzene rings is 2. The minimum absolute atomic E-state index is 0.101. The number of hydrogen-bond donors (Lipinski definition) is 2. The number of amides is 1. The zero-order chi connectivity index (χ0) is 25.4. The predicted octanol–water partition coefficient (Wildman–Crippen LogP) is 5.52. The van der Waals surface area contributed by atoms with E-state index in [0.29, 0.717) is 26.2 Å². The van der Waals surface area contributed by atoms with E-state index in [0.717, 1.165) is 36.9 Å².